The van der Waals surface area contributed by atoms with Crippen molar-refractivity contribution in [2.75, 3.05) is 21.3 Å². The Bertz CT molecular complexity index is 1210. The first-order valence-corrected chi connectivity index (χ1v) is 9.81. The number of methoxy groups -OCH3 is 3. The topological polar surface area (TPSA) is 113 Å². The van der Waals surface area contributed by atoms with Gasteiger partial charge in [-0.25, -0.2) is 4.39 Å². The van der Waals surface area contributed by atoms with E-state index in [1.807, 2.05) is 6.07 Å². The lowest BCUT2D eigenvalue weighted by molar-refractivity contribution is 0.324. The van der Waals surface area contributed by atoms with Gasteiger partial charge in [0, 0.05) is 22.1 Å². The molecule has 1 aliphatic heterocycles. The van der Waals surface area contributed by atoms with Crippen LogP contribution in [0.5, 0.6) is 23.1 Å². The summed E-state index contributed by atoms with van der Waals surface area (Å²) >= 11 is 6.35. The molecule has 0 saturated heterocycles. The van der Waals surface area contributed by atoms with Gasteiger partial charge in [0.1, 0.15) is 11.7 Å². The zero-order valence-electron chi connectivity index (χ0n) is 17.3. The Balaban J connectivity index is 2.00. The highest BCUT2D eigenvalue weighted by molar-refractivity contribution is 6.31. The summed E-state index contributed by atoms with van der Waals surface area (Å²) in [5.41, 5.74) is 1.50. The Morgan fingerprint density at radius 1 is 1.16 bits per heavy atom. The van der Waals surface area contributed by atoms with Gasteiger partial charge in [0.25, 0.3) is 0 Å². The Labute approximate surface area is 187 Å². The fraction of sp³-hybridized carbons (Fsp3) is 0.227. The number of aromatic amines is 1. The van der Waals surface area contributed by atoms with Crippen molar-refractivity contribution in [3.63, 3.8) is 0 Å². The molecule has 2 aromatic carbocycles. The number of nitrogens with zero attached hydrogens (tertiary/aromatic N) is 2. The summed E-state index contributed by atoms with van der Waals surface area (Å²) in [4.78, 5) is 0. The summed E-state index contributed by atoms with van der Waals surface area (Å²) in [5, 5.41) is 25.2. The molecule has 0 saturated carbocycles. The number of nitrogens with one attached hydrogen (secondary N) is 2. The van der Waals surface area contributed by atoms with Crippen molar-refractivity contribution >= 4 is 17.5 Å². The van der Waals surface area contributed by atoms with Crippen LogP contribution in [0.2, 0.25) is 5.02 Å². The summed E-state index contributed by atoms with van der Waals surface area (Å²) in [7, 11) is 4.47. The van der Waals surface area contributed by atoms with Crippen LogP contribution >= 0.6 is 11.6 Å². The number of hydrogen-bond acceptors (Lipinski definition) is 7. The maximum absolute atomic E-state index is 14.9. The fourth-order valence-corrected chi connectivity index (χ4v) is 4.16. The van der Waals surface area contributed by atoms with Crippen molar-refractivity contribution in [1.82, 2.24) is 10.2 Å². The van der Waals surface area contributed by atoms with Crippen molar-refractivity contribution in [3.05, 3.63) is 52.3 Å². The van der Waals surface area contributed by atoms with Crippen molar-refractivity contribution in [1.29, 1.82) is 10.7 Å². The van der Waals surface area contributed by atoms with Gasteiger partial charge >= 0.3 is 0 Å². The van der Waals surface area contributed by atoms with Gasteiger partial charge < -0.3 is 18.9 Å². The van der Waals surface area contributed by atoms with Gasteiger partial charge in [-0.3, -0.25) is 10.5 Å². The molecule has 0 amide bonds. The van der Waals surface area contributed by atoms with Gasteiger partial charge in [0.05, 0.1) is 38.7 Å². The molecule has 2 heterocycles. The van der Waals surface area contributed by atoms with E-state index >= 15 is 0 Å². The Morgan fingerprint density at radius 2 is 1.84 bits per heavy atom. The van der Waals surface area contributed by atoms with Crippen LogP contribution in [-0.2, 0) is 0 Å². The van der Waals surface area contributed by atoms with Gasteiger partial charge in [-0.2, -0.15) is 5.26 Å². The first-order chi connectivity index (χ1) is 15.4. The molecule has 10 heteroatoms. The predicted molar refractivity (Wildman–Crippen MR) is 114 cm³/mol. The van der Waals surface area contributed by atoms with Gasteiger partial charge in [-0.05, 0) is 24.3 Å². The highest BCUT2D eigenvalue weighted by Gasteiger charge is 2.43. The predicted octanol–water partition coefficient (Wildman–Crippen LogP) is 4.54. The molecule has 2 N–H and O–H groups in total. The molecular weight excluding hydrogens is 439 g/mol. The number of H-pyrrole nitrogens is 1. The number of hydrogen-bond donors (Lipinski definition) is 2. The second-order valence-electron chi connectivity index (χ2n) is 6.92. The number of rotatable bonds is 5. The maximum atomic E-state index is 14.9. The molecule has 2 unspecified atom stereocenters. The molecule has 1 aliphatic rings. The second kappa shape index (κ2) is 8.40. The van der Waals surface area contributed by atoms with E-state index in [9.17, 15) is 9.65 Å². The monoisotopic (exact) mass is 456 g/mol. The van der Waals surface area contributed by atoms with Crippen LogP contribution in [0, 0.1) is 28.5 Å². The number of nitriles is 1. The molecule has 0 fully saturated rings. The van der Waals surface area contributed by atoms with E-state index in [0.717, 1.165) is 0 Å². The number of ether oxygens (including phenoxy) is 4. The Kier molecular flexibility index (Phi) is 5.63. The van der Waals surface area contributed by atoms with Gasteiger partial charge in [0.15, 0.2) is 11.5 Å². The zero-order chi connectivity index (χ0) is 23.0. The van der Waals surface area contributed by atoms with Crippen LogP contribution in [0.15, 0.2) is 30.3 Å². The molecule has 8 nitrogen and oxygen atoms in total. The van der Waals surface area contributed by atoms with E-state index in [2.05, 4.69) is 10.2 Å². The smallest absolute Gasteiger partial charge is 0.244 e. The van der Waals surface area contributed by atoms with E-state index in [0.29, 0.717) is 34.1 Å². The largest absolute Gasteiger partial charge is 0.493 e. The lowest BCUT2D eigenvalue weighted by Crippen LogP contribution is -2.31. The molecule has 0 spiro atoms. The van der Waals surface area contributed by atoms with Crippen LogP contribution in [-0.4, -0.2) is 37.4 Å². The molecule has 0 aliphatic carbocycles. The van der Waals surface area contributed by atoms with Gasteiger partial charge in [-0.1, -0.05) is 17.7 Å². The van der Waals surface area contributed by atoms with Crippen LogP contribution in [0.3, 0.4) is 0 Å². The molecule has 1 aromatic heterocycles. The second-order valence-corrected chi connectivity index (χ2v) is 7.32. The zero-order valence-corrected chi connectivity index (χ0v) is 18.1. The van der Waals surface area contributed by atoms with Gasteiger partial charge in [-0.15, -0.1) is 5.10 Å². The Hall–Kier alpha value is -3.77. The summed E-state index contributed by atoms with van der Waals surface area (Å²) in [6.45, 7) is 0. The third kappa shape index (κ3) is 3.29. The normalized spacial score (nSPS) is 17.2. The lowest BCUT2D eigenvalue weighted by atomic mass is 9.78. The quantitative estimate of drug-likeness (QED) is 0.582. The van der Waals surface area contributed by atoms with Crippen molar-refractivity contribution in [3.8, 4) is 40.5 Å². The third-order valence-corrected chi connectivity index (χ3v) is 5.64. The minimum atomic E-state index is -1.12. The molecule has 4 rings (SSSR count). The first kappa shape index (κ1) is 21.5. The van der Waals surface area contributed by atoms with Crippen LogP contribution in [0.4, 0.5) is 4.39 Å². The number of aromatic nitrogens is 2. The van der Waals surface area contributed by atoms with Crippen molar-refractivity contribution in [2.45, 2.75) is 5.92 Å². The molecular formula is C22H18ClFN4O4. The highest BCUT2D eigenvalue weighted by atomic mass is 35.5. The molecule has 32 heavy (non-hydrogen) atoms. The molecule has 0 radical (unpaired) electrons. The van der Waals surface area contributed by atoms with Crippen LogP contribution in [0.25, 0.3) is 11.3 Å². The summed E-state index contributed by atoms with van der Waals surface area (Å²) in [6.07, 6.45) is 0. The molecule has 2 atom stereocenters. The lowest BCUT2D eigenvalue weighted by Gasteiger charge is -2.29. The highest BCUT2D eigenvalue weighted by Crippen LogP contribution is 2.49. The SMILES string of the molecule is COc1cc(-c2[nH]nc3c2C(c2c(F)cccc2Cl)C(C#N)C(=N)O3)cc(OC)c1OC. The van der Waals surface area contributed by atoms with E-state index in [1.54, 1.807) is 12.1 Å². The minimum Gasteiger partial charge on any atom is -0.493 e. The van der Waals surface area contributed by atoms with E-state index in [4.69, 9.17) is 36.0 Å². The summed E-state index contributed by atoms with van der Waals surface area (Å²) in [6, 6.07) is 9.69. The van der Waals surface area contributed by atoms with E-state index < -0.39 is 17.7 Å². The minimum absolute atomic E-state index is 0.0644. The van der Waals surface area contributed by atoms with Crippen molar-refractivity contribution < 1.29 is 23.3 Å². The van der Waals surface area contributed by atoms with Crippen LogP contribution in [0.1, 0.15) is 17.0 Å². The average Bonchev–Trinajstić information content (AvgIpc) is 3.21. The Morgan fingerprint density at radius 3 is 2.41 bits per heavy atom. The number of benzene rings is 2. The van der Waals surface area contributed by atoms with E-state index in [1.165, 1.54) is 39.5 Å². The summed E-state index contributed by atoms with van der Waals surface area (Å²) < 4.78 is 36.7. The van der Waals surface area contributed by atoms with E-state index in [-0.39, 0.29) is 22.4 Å². The molecule has 164 valence electrons. The third-order valence-electron chi connectivity index (χ3n) is 5.31. The number of halogens is 2. The fourth-order valence-electron chi connectivity index (χ4n) is 3.88. The van der Waals surface area contributed by atoms with Gasteiger partial charge in [0.2, 0.25) is 17.5 Å². The number of fused-ring (bicyclic) bond motifs is 1. The molecule has 0 bridgehead atoms. The average molecular weight is 457 g/mol. The van der Waals surface area contributed by atoms with Crippen LogP contribution < -0.4 is 18.9 Å². The standard InChI is InChI=1S/C22H18ClFN4O4/c1-29-14-7-10(8-15(30-2)20(14)31-3)19-18-16(17-12(23)5-4-6-13(17)24)11(9-25)21(26)32-22(18)28-27-19/h4-8,11,16,26H,1-3H3,(H,27,28). The van der Waals surface area contributed by atoms with Crippen molar-refractivity contribution in [2.24, 2.45) is 5.92 Å². The summed E-state index contributed by atoms with van der Waals surface area (Å²) in [5.74, 6) is -1.73. The molecule has 3 aromatic rings. The first-order valence-electron chi connectivity index (χ1n) is 9.43. The maximum Gasteiger partial charge on any atom is 0.244 e.